The molecule has 0 aromatic heterocycles. The number of rotatable bonds is 1. The summed E-state index contributed by atoms with van der Waals surface area (Å²) in [4.78, 5) is 0. The van der Waals surface area contributed by atoms with Crippen LogP contribution < -0.4 is 5.84 Å². The van der Waals surface area contributed by atoms with Crippen molar-refractivity contribution in [2.45, 2.75) is 0 Å². The minimum atomic E-state index is 1.52. The van der Waals surface area contributed by atoms with Crippen molar-refractivity contribution in [2.75, 3.05) is 0 Å². The van der Waals surface area contributed by atoms with Crippen LogP contribution in [0.3, 0.4) is 0 Å². The molecule has 0 aliphatic rings. The van der Waals surface area contributed by atoms with Crippen LogP contribution >= 0.6 is 22.6 Å². The SMILES string of the molecule is N/N=C\C=C/I. The second-order valence-electron chi connectivity index (χ2n) is 0.617. The molecule has 2 nitrogen and oxygen atoms in total. The molecule has 2 N–H and O–H groups in total. The minimum Gasteiger partial charge on any atom is -0.323 e. The molecule has 0 atom stereocenters. The molecule has 3 heteroatoms. The number of hydrazone groups is 1. The molecule has 0 radical (unpaired) electrons. The van der Waals surface area contributed by atoms with E-state index in [1.807, 2.05) is 4.08 Å². The summed E-state index contributed by atoms with van der Waals surface area (Å²) in [6, 6.07) is 0. The van der Waals surface area contributed by atoms with E-state index in [1.165, 1.54) is 6.21 Å². The predicted octanol–water partition coefficient (Wildman–Crippen LogP) is 0.880. The van der Waals surface area contributed by atoms with Crippen molar-refractivity contribution in [1.82, 2.24) is 0 Å². The lowest BCUT2D eigenvalue weighted by atomic mass is 10.7. The van der Waals surface area contributed by atoms with Crippen LogP contribution in [0.2, 0.25) is 0 Å². The normalized spacial score (nSPS) is 11.5. The first-order chi connectivity index (χ1) is 2.91. The molecule has 0 heterocycles. The van der Waals surface area contributed by atoms with Crippen LogP contribution in [0, 0.1) is 0 Å². The van der Waals surface area contributed by atoms with Crippen LogP contribution in [0.1, 0.15) is 0 Å². The molecular formula is C3H5IN2. The largest absolute Gasteiger partial charge is 0.323 e. The molecule has 0 rings (SSSR count). The summed E-state index contributed by atoms with van der Waals surface area (Å²) >= 11 is 2.08. The Morgan fingerprint density at radius 2 is 2.33 bits per heavy atom. The number of nitrogens with zero attached hydrogens (tertiary/aromatic N) is 1. The zero-order chi connectivity index (χ0) is 4.83. The van der Waals surface area contributed by atoms with Crippen LogP contribution in [-0.4, -0.2) is 6.21 Å². The molecule has 0 unspecified atom stereocenters. The number of nitrogens with two attached hydrogens (primary N) is 1. The summed E-state index contributed by atoms with van der Waals surface area (Å²) < 4.78 is 1.83. The maximum absolute atomic E-state index is 4.73. The Bertz CT molecular complexity index is 57.2. The van der Waals surface area contributed by atoms with E-state index in [1.54, 1.807) is 6.08 Å². The highest BCUT2D eigenvalue weighted by molar-refractivity contribution is 14.1. The fourth-order valence-corrected chi connectivity index (χ4v) is 0.268. The molecule has 0 aliphatic heterocycles. The maximum Gasteiger partial charge on any atom is 0.0470 e. The van der Waals surface area contributed by atoms with Gasteiger partial charge in [0, 0.05) is 6.21 Å². The van der Waals surface area contributed by atoms with E-state index in [2.05, 4.69) is 27.7 Å². The predicted molar refractivity (Wildman–Crippen MR) is 35.8 cm³/mol. The average molecular weight is 196 g/mol. The van der Waals surface area contributed by atoms with E-state index in [4.69, 9.17) is 5.84 Å². The minimum absolute atomic E-state index is 1.52. The molecule has 0 fully saturated rings. The van der Waals surface area contributed by atoms with Crippen molar-refractivity contribution >= 4 is 28.8 Å². The van der Waals surface area contributed by atoms with Gasteiger partial charge in [-0.15, -0.1) is 0 Å². The number of halogens is 1. The van der Waals surface area contributed by atoms with Gasteiger partial charge >= 0.3 is 0 Å². The topological polar surface area (TPSA) is 38.4 Å². The van der Waals surface area contributed by atoms with Crippen molar-refractivity contribution in [3.63, 3.8) is 0 Å². The van der Waals surface area contributed by atoms with E-state index >= 15 is 0 Å². The zero-order valence-corrected chi connectivity index (χ0v) is 5.29. The number of hydrogen-bond donors (Lipinski definition) is 1. The van der Waals surface area contributed by atoms with Crippen LogP contribution in [0.4, 0.5) is 0 Å². The van der Waals surface area contributed by atoms with Gasteiger partial charge in [-0.2, -0.15) is 5.10 Å². The van der Waals surface area contributed by atoms with Gasteiger partial charge in [0.1, 0.15) is 0 Å². The lowest BCUT2D eigenvalue weighted by Gasteiger charge is -1.63. The van der Waals surface area contributed by atoms with E-state index in [9.17, 15) is 0 Å². The van der Waals surface area contributed by atoms with Crippen LogP contribution in [0.5, 0.6) is 0 Å². The lowest BCUT2D eigenvalue weighted by Crippen LogP contribution is -1.76. The van der Waals surface area contributed by atoms with Gasteiger partial charge in [-0.05, 0) is 10.2 Å². The Morgan fingerprint density at radius 3 is 2.50 bits per heavy atom. The molecule has 0 aromatic rings. The second kappa shape index (κ2) is 4.94. The average Bonchev–Trinajstić information content (AvgIpc) is 1.61. The van der Waals surface area contributed by atoms with Crippen molar-refractivity contribution in [1.29, 1.82) is 0 Å². The quantitative estimate of drug-likeness (QED) is 0.287. The Balaban J connectivity index is 3.07. The van der Waals surface area contributed by atoms with Crippen LogP contribution in [0.25, 0.3) is 0 Å². The Hall–Kier alpha value is -0.0600. The standard InChI is InChI=1S/C3H5IN2/c4-2-1-3-6-5/h1-3H,5H2/b2-1-,6-3-. The molecule has 0 saturated heterocycles. The van der Waals surface area contributed by atoms with Gasteiger partial charge in [0.2, 0.25) is 0 Å². The van der Waals surface area contributed by atoms with Crippen LogP contribution in [0.15, 0.2) is 15.3 Å². The lowest BCUT2D eigenvalue weighted by molar-refractivity contribution is 1.27. The van der Waals surface area contributed by atoms with Gasteiger partial charge in [-0.1, -0.05) is 22.6 Å². The smallest absolute Gasteiger partial charge is 0.0470 e. The van der Waals surface area contributed by atoms with Gasteiger partial charge in [0.05, 0.1) is 0 Å². The third-order valence-corrected chi connectivity index (χ3v) is 0.660. The van der Waals surface area contributed by atoms with Crippen molar-refractivity contribution in [2.24, 2.45) is 10.9 Å². The first-order valence-corrected chi connectivity index (χ1v) is 2.65. The molecule has 0 saturated carbocycles. The fraction of sp³-hybridized carbons (Fsp3) is 0. The molecular weight excluding hydrogens is 191 g/mol. The monoisotopic (exact) mass is 196 g/mol. The summed E-state index contributed by atoms with van der Waals surface area (Å²) in [5, 5.41) is 3.21. The first kappa shape index (κ1) is 5.94. The van der Waals surface area contributed by atoms with Crippen molar-refractivity contribution < 1.29 is 0 Å². The maximum atomic E-state index is 4.73. The first-order valence-electron chi connectivity index (χ1n) is 1.40. The molecule has 0 amide bonds. The molecule has 0 bridgehead atoms. The van der Waals surface area contributed by atoms with Gasteiger partial charge in [0.25, 0.3) is 0 Å². The van der Waals surface area contributed by atoms with Crippen molar-refractivity contribution in [3.8, 4) is 0 Å². The fourth-order valence-electron chi connectivity index (χ4n) is 0.0822. The summed E-state index contributed by atoms with van der Waals surface area (Å²) in [5.41, 5.74) is 0. The summed E-state index contributed by atoms with van der Waals surface area (Å²) in [6.07, 6.45) is 3.27. The highest BCUT2D eigenvalue weighted by Gasteiger charge is 1.51. The molecule has 0 aromatic carbocycles. The summed E-state index contributed by atoms with van der Waals surface area (Å²) in [6.45, 7) is 0. The van der Waals surface area contributed by atoms with Crippen LogP contribution in [-0.2, 0) is 0 Å². The highest BCUT2D eigenvalue weighted by Crippen LogP contribution is 1.78. The number of allylic oxidation sites excluding steroid dienone is 1. The summed E-state index contributed by atoms with van der Waals surface area (Å²) in [7, 11) is 0. The van der Waals surface area contributed by atoms with Gasteiger partial charge in [0.15, 0.2) is 0 Å². The van der Waals surface area contributed by atoms with Gasteiger partial charge in [-0.25, -0.2) is 0 Å². The molecule has 0 spiro atoms. The molecule has 6 heavy (non-hydrogen) atoms. The molecule has 34 valence electrons. The Labute approximate surface area is 50.2 Å². The van der Waals surface area contributed by atoms with Gasteiger partial charge in [-0.3, -0.25) is 0 Å². The van der Waals surface area contributed by atoms with E-state index in [0.717, 1.165) is 0 Å². The van der Waals surface area contributed by atoms with E-state index in [-0.39, 0.29) is 0 Å². The third kappa shape index (κ3) is 3.94. The highest BCUT2D eigenvalue weighted by atomic mass is 127. The second-order valence-corrected chi connectivity index (χ2v) is 1.34. The molecule has 0 aliphatic carbocycles. The van der Waals surface area contributed by atoms with Gasteiger partial charge < -0.3 is 5.84 Å². The van der Waals surface area contributed by atoms with E-state index < -0.39 is 0 Å². The Kier molecular flexibility index (Phi) is 4.89. The zero-order valence-electron chi connectivity index (χ0n) is 3.13. The van der Waals surface area contributed by atoms with Crippen molar-refractivity contribution in [3.05, 3.63) is 10.2 Å². The van der Waals surface area contributed by atoms with E-state index in [0.29, 0.717) is 0 Å². The number of hydrogen-bond acceptors (Lipinski definition) is 2. The Morgan fingerprint density at radius 1 is 1.67 bits per heavy atom. The third-order valence-electron chi connectivity index (χ3n) is 0.245. The summed E-state index contributed by atoms with van der Waals surface area (Å²) in [5.74, 6) is 4.73.